The summed E-state index contributed by atoms with van der Waals surface area (Å²) in [6.07, 6.45) is 1.27. The van der Waals surface area contributed by atoms with E-state index in [4.69, 9.17) is 4.74 Å². The van der Waals surface area contributed by atoms with Gasteiger partial charge in [0.2, 0.25) is 15.9 Å². The minimum absolute atomic E-state index is 0.00915. The van der Waals surface area contributed by atoms with Gasteiger partial charge in [0, 0.05) is 19.5 Å². The fraction of sp³-hybridized carbons (Fsp3) is 0.364. The fourth-order valence-electron chi connectivity index (χ4n) is 3.61. The molecule has 1 heterocycles. The molecule has 166 valence electrons. The summed E-state index contributed by atoms with van der Waals surface area (Å²) in [6.45, 7) is 0.263. The van der Waals surface area contributed by atoms with E-state index in [1.807, 2.05) is 30.3 Å². The minimum atomic E-state index is -3.85. The zero-order valence-electron chi connectivity index (χ0n) is 17.2. The molecule has 0 unspecified atom stereocenters. The van der Waals surface area contributed by atoms with Crippen LogP contribution >= 0.6 is 0 Å². The highest BCUT2D eigenvalue weighted by Gasteiger charge is 2.35. The van der Waals surface area contributed by atoms with Crippen LogP contribution in [0.15, 0.2) is 59.5 Å². The van der Waals surface area contributed by atoms with Crippen molar-refractivity contribution in [1.82, 2.24) is 9.62 Å². The van der Waals surface area contributed by atoms with Crippen molar-refractivity contribution in [3.63, 3.8) is 0 Å². The standard InChI is InChI=1S/C22H25FN2O5S/c1-30-22(27)20(14-16-6-3-2-4-7-16)24-21(26)17-8-5-13-25(15-17)31(28,29)19-11-9-18(23)10-12-19/h2-4,6-7,9-12,17,20H,5,8,13-15H2,1H3,(H,24,26)/t17-,20+/m1/s1. The van der Waals surface area contributed by atoms with Crippen molar-refractivity contribution in [2.75, 3.05) is 20.2 Å². The van der Waals surface area contributed by atoms with Gasteiger partial charge in [0.1, 0.15) is 11.9 Å². The number of carbonyl (C=O) groups excluding carboxylic acids is 2. The number of hydrogen-bond acceptors (Lipinski definition) is 5. The zero-order valence-corrected chi connectivity index (χ0v) is 18.0. The molecule has 1 fully saturated rings. The first-order chi connectivity index (χ1) is 14.8. The molecular weight excluding hydrogens is 423 g/mol. The smallest absolute Gasteiger partial charge is 0.328 e. The Balaban J connectivity index is 1.70. The number of nitrogens with zero attached hydrogens (tertiary/aromatic N) is 1. The third-order valence-corrected chi connectivity index (χ3v) is 7.17. The van der Waals surface area contributed by atoms with E-state index >= 15 is 0 Å². The molecule has 0 aliphatic carbocycles. The first-order valence-corrected chi connectivity index (χ1v) is 11.4. The first kappa shape index (κ1) is 22.9. The molecule has 0 spiro atoms. The van der Waals surface area contributed by atoms with Crippen LogP contribution < -0.4 is 5.32 Å². The Hall–Kier alpha value is -2.78. The molecule has 1 saturated heterocycles. The van der Waals surface area contributed by atoms with Gasteiger partial charge in [-0.15, -0.1) is 0 Å². The number of halogens is 1. The lowest BCUT2D eigenvalue weighted by Gasteiger charge is -2.32. The highest BCUT2D eigenvalue weighted by atomic mass is 32.2. The summed E-state index contributed by atoms with van der Waals surface area (Å²) >= 11 is 0. The Morgan fingerprint density at radius 1 is 1.16 bits per heavy atom. The lowest BCUT2D eigenvalue weighted by atomic mass is 9.97. The van der Waals surface area contributed by atoms with E-state index in [0.717, 1.165) is 17.7 Å². The van der Waals surface area contributed by atoms with Crippen molar-refractivity contribution in [2.24, 2.45) is 5.92 Å². The summed E-state index contributed by atoms with van der Waals surface area (Å²) in [6, 6.07) is 13.0. The van der Waals surface area contributed by atoms with Gasteiger partial charge in [-0.1, -0.05) is 30.3 Å². The number of nitrogens with one attached hydrogen (secondary N) is 1. The van der Waals surface area contributed by atoms with Crippen LogP contribution in [-0.2, 0) is 30.8 Å². The van der Waals surface area contributed by atoms with Crippen molar-refractivity contribution < 1.29 is 27.1 Å². The van der Waals surface area contributed by atoms with Crippen LogP contribution in [0.5, 0.6) is 0 Å². The number of ether oxygens (including phenoxy) is 1. The van der Waals surface area contributed by atoms with E-state index in [9.17, 15) is 22.4 Å². The van der Waals surface area contributed by atoms with Gasteiger partial charge in [0.25, 0.3) is 0 Å². The molecule has 1 amide bonds. The number of amides is 1. The van der Waals surface area contributed by atoms with Crippen molar-refractivity contribution in [1.29, 1.82) is 0 Å². The molecule has 7 nitrogen and oxygen atoms in total. The molecule has 1 N–H and O–H groups in total. The van der Waals surface area contributed by atoms with Crippen molar-refractivity contribution in [3.8, 4) is 0 Å². The second kappa shape index (κ2) is 10.0. The Labute approximate surface area is 181 Å². The van der Waals surface area contributed by atoms with E-state index in [0.29, 0.717) is 12.8 Å². The molecule has 1 aliphatic heterocycles. The summed E-state index contributed by atoms with van der Waals surface area (Å²) in [5.74, 6) is -2.09. The van der Waals surface area contributed by atoms with Gasteiger partial charge in [-0.05, 0) is 42.7 Å². The van der Waals surface area contributed by atoms with Gasteiger partial charge >= 0.3 is 5.97 Å². The molecule has 0 saturated carbocycles. The van der Waals surface area contributed by atoms with Crippen LogP contribution in [0.1, 0.15) is 18.4 Å². The molecule has 31 heavy (non-hydrogen) atoms. The average Bonchev–Trinajstić information content (AvgIpc) is 2.79. The van der Waals surface area contributed by atoms with Gasteiger partial charge < -0.3 is 10.1 Å². The van der Waals surface area contributed by atoms with Crippen LogP contribution in [0.25, 0.3) is 0 Å². The quantitative estimate of drug-likeness (QED) is 0.655. The van der Waals surface area contributed by atoms with Crippen molar-refractivity contribution in [2.45, 2.75) is 30.2 Å². The van der Waals surface area contributed by atoms with Crippen LogP contribution in [0.2, 0.25) is 0 Å². The molecule has 0 aromatic heterocycles. The average molecular weight is 449 g/mol. The Morgan fingerprint density at radius 2 is 1.84 bits per heavy atom. The summed E-state index contributed by atoms with van der Waals surface area (Å²) in [7, 11) is -2.59. The summed E-state index contributed by atoms with van der Waals surface area (Å²) in [5.41, 5.74) is 0.863. The summed E-state index contributed by atoms with van der Waals surface area (Å²) in [4.78, 5) is 25.1. The maximum Gasteiger partial charge on any atom is 0.328 e. The highest BCUT2D eigenvalue weighted by molar-refractivity contribution is 7.89. The Kier molecular flexibility index (Phi) is 7.40. The van der Waals surface area contributed by atoms with Crippen molar-refractivity contribution in [3.05, 3.63) is 66.0 Å². The van der Waals surface area contributed by atoms with Crippen LogP contribution in [0, 0.1) is 11.7 Å². The van der Waals surface area contributed by atoms with Gasteiger partial charge in [0.15, 0.2) is 0 Å². The lowest BCUT2D eigenvalue weighted by Crippen LogP contribution is -2.50. The number of hydrogen-bond donors (Lipinski definition) is 1. The largest absolute Gasteiger partial charge is 0.467 e. The Morgan fingerprint density at radius 3 is 2.48 bits per heavy atom. The van der Waals surface area contributed by atoms with Crippen LogP contribution in [-0.4, -0.2) is 50.8 Å². The Bertz CT molecular complexity index is 1010. The molecule has 0 radical (unpaired) electrons. The number of benzene rings is 2. The second-order valence-electron chi connectivity index (χ2n) is 7.43. The molecule has 1 aliphatic rings. The predicted molar refractivity (Wildman–Crippen MR) is 112 cm³/mol. The first-order valence-electron chi connectivity index (χ1n) is 9.99. The number of sulfonamides is 1. The van der Waals surface area contributed by atoms with Gasteiger partial charge in [-0.3, -0.25) is 4.79 Å². The maximum atomic E-state index is 13.2. The van der Waals surface area contributed by atoms with Crippen LogP contribution in [0.4, 0.5) is 4.39 Å². The third kappa shape index (κ3) is 5.68. The van der Waals surface area contributed by atoms with Gasteiger partial charge in [-0.2, -0.15) is 4.31 Å². The molecular formula is C22H25FN2O5S. The molecule has 2 aromatic carbocycles. The normalized spacial score (nSPS) is 18.2. The topological polar surface area (TPSA) is 92.8 Å². The van der Waals surface area contributed by atoms with Crippen molar-refractivity contribution >= 4 is 21.9 Å². The number of carbonyl (C=O) groups is 2. The number of methoxy groups -OCH3 is 1. The summed E-state index contributed by atoms with van der Waals surface area (Å²) < 4.78 is 45.0. The number of rotatable bonds is 7. The molecule has 9 heteroatoms. The predicted octanol–water partition coefficient (Wildman–Crippen LogP) is 2.13. The number of esters is 1. The maximum absolute atomic E-state index is 13.2. The van der Waals surface area contributed by atoms with Gasteiger partial charge in [-0.25, -0.2) is 17.6 Å². The van der Waals surface area contributed by atoms with E-state index in [-0.39, 0.29) is 24.4 Å². The monoisotopic (exact) mass is 448 g/mol. The van der Waals surface area contributed by atoms with E-state index in [1.165, 1.54) is 23.5 Å². The second-order valence-corrected chi connectivity index (χ2v) is 9.37. The fourth-order valence-corrected chi connectivity index (χ4v) is 5.13. The van der Waals surface area contributed by atoms with E-state index in [1.54, 1.807) is 0 Å². The molecule has 0 bridgehead atoms. The van der Waals surface area contributed by atoms with E-state index in [2.05, 4.69) is 5.32 Å². The van der Waals surface area contributed by atoms with Gasteiger partial charge in [0.05, 0.1) is 17.9 Å². The molecule has 2 atom stereocenters. The minimum Gasteiger partial charge on any atom is -0.467 e. The third-order valence-electron chi connectivity index (χ3n) is 5.29. The van der Waals surface area contributed by atoms with Crippen LogP contribution in [0.3, 0.4) is 0 Å². The van der Waals surface area contributed by atoms with E-state index < -0.39 is 39.7 Å². The SMILES string of the molecule is COC(=O)[C@H](Cc1ccccc1)NC(=O)[C@@H]1CCCN(S(=O)(=O)c2ccc(F)cc2)C1. The molecule has 2 aromatic rings. The number of piperidine rings is 1. The molecule has 3 rings (SSSR count). The lowest BCUT2D eigenvalue weighted by molar-refractivity contribution is -0.145. The zero-order chi connectivity index (χ0) is 22.4. The highest BCUT2D eigenvalue weighted by Crippen LogP contribution is 2.24. The summed E-state index contributed by atoms with van der Waals surface area (Å²) in [5, 5.41) is 2.72.